The summed E-state index contributed by atoms with van der Waals surface area (Å²) in [4.78, 5) is 14.8. The highest BCUT2D eigenvalue weighted by molar-refractivity contribution is 8.01. The van der Waals surface area contributed by atoms with Crippen molar-refractivity contribution in [2.24, 2.45) is 0 Å². The van der Waals surface area contributed by atoms with Gasteiger partial charge in [0, 0.05) is 22.5 Å². The lowest BCUT2D eigenvalue weighted by Gasteiger charge is -2.30. The van der Waals surface area contributed by atoms with E-state index in [1.165, 1.54) is 12.1 Å². The molecule has 0 unspecified atom stereocenters. The van der Waals surface area contributed by atoms with Crippen LogP contribution in [0.2, 0.25) is 0 Å². The summed E-state index contributed by atoms with van der Waals surface area (Å²) in [6.07, 6.45) is -11.6. The first-order valence-electron chi connectivity index (χ1n) is 10.4. The number of alkyl halides is 6. The predicted molar refractivity (Wildman–Crippen MR) is 124 cm³/mol. The highest BCUT2D eigenvalue weighted by Gasteiger charge is 2.72. The maximum atomic E-state index is 13.1. The third kappa shape index (κ3) is 4.76. The predicted octanol–water partition coefficient (Wildman–Crippen LogP) is 7.50. The Morgan fingerprint density at radius 3 is 2.33 bits per heavy atom. The van der Waals surface area contributed by atoms with Gasteiger partial charge >= 0.3 is 18.0 Å². The number of thiazole rings is 1. The van der Waals surface area contributed by atoms with Crippen molar-refractivity contribution in [3.05, 3.63) is 75.6 Å². The summed E-state index contributed by atoms with van der Waals surface area (Å²) in [7, 11) is 0. The van der Waals surface area contributed by atoms with Crippen LogP contribution < -0.4 is 5.63 Å². The lowest BCUT2D eigenvalue weighted by atomic mass is 9.96. The van der Waals surface area contributed by atoms with E-state index in [1.807, 2.05) is 38.1 Å². The van der Waals surface area contributed by atoms with Crippen LogP contribution in [0, 0.1) is 0 Å². The zero-order valence-corrected chi connectivity index (χ0v) is 20.2. The van der Waals surface area contributed by atoms with Gasteiger partial charge in [0.25, 0.3) is 5.60 Å². The number of fused-ring (bicyclic) bond motifs is 1. The highest BCUT2D eigenvalue weighted by atomic mass is 32.2. The van der Waals surface area contributed by atoms with Crippen molar-refractivity contribution in [3.63, 3.8) is 0 Å². The quantitative estimate of drug-likeness (QED) is 0.208. The summed E-state index contributed by atoms with van der Waals surface area (Å²) in [5, 5.41) is 10.2. The number of hydrogen-bond donors (Lipinski definition) is 1. The first kappa shape index (κ1) is 26.2. The summed E-state index contributed by atoms with van der Waals surface area (Å²) >= 11 is 0.845. The van der Waals surface area contributed by atoms with Gasteiger partial charge in [0.1, 0.15) is 5.58 Å². The van der Waals surface area contributed by atoms with Crippen LogP contribution in [0.4, 0.5) is 26.3 Å². The maximum absolute atomic E-state index is 13.1. The van der Waals surface area contributed by atoms with Gasteiger partial charge in [-0.25, -0.2) is 9.78 Å². The second-order valence-corrected chi connectivity index (χ2v) is 10.6. The molecule has 4 rings (SSSR count). The SMILES string of the molecule is CC(C)c1cccc(-c2cc(=O)oc3cc(Sc4ncc(C(O)(C(F)(F)F)C(F)(F)F)s4)ccc23)c1. The Balaban J connectivity index is 1.71. The molecule has 0 saturated heterocycles. The Morgan fingerprint density at radius 1 is 1.00 bits per heavy atom. The molecular formula is C24H17F6NO3S2. The number of aromatic nitrogens is 1. The van der Waals surface area contributed by atoms with Crippen molar-refractivity contribution in [1.29, 1.82) is 0 Å². The molecule has 0 fully saturated rings. The van der Waals surface area contributed by atoms with Gasteiger partial charge in [0.15, 0.2) is 4.34 Å². The second kappa shape index (κ2) is 9.24. The molecule has 0 aliphatic rings. The van der Waals surface area contributed by atoms with Crippen LogP contribution in [-0.4, -0.2) is 22.4 Å². The average molecular weight is 546 g/mol. The molecule has 12 heteroatoms. The number of nitrogens with zero attached hydrogens (tertiary/aromatic N) is 1. The molecule has 0 spiro atoms. The zero-order chi connectivity index (χ0) is 26.5. The van der Waals surface area contributed by atoms with Gasteiger partial charge in [-0.1, -0.05) is 49.9 Å². The van der Waals surface area contributed by atoms with Crippen molar-refractivity contribution < 1.29 is 35.9 Å². The van der Waals surface area contributed by atoms with Crippen LogP contribution >= 0.6 is 23.1 Å². The number of benzene rings is 2. The number of halogens is 6. The Hall–Kier alpha value is -2.83. The molecule has 190 valence electrons. The van der Waals surface area contributed by atoms with Gasteiger partial charge in [-0.15, -0.1) is 11.3 Å². The fraction of sp³-hybridized carbons (Fsp3) is 0.250. The summed E-state index contributed by atoms with van der Waals surface area (Å²) in [5.41, 5.74) is -2.98. The zero-order valence-electron chi connectivity index (χ0n) is 18.6. The smallest absolute Gasteiger partial charge is 0.423 e. The molecule has 36 heavy (non-hydrogen) atoms. The summed E-state index contributed by atoms with van der Waals surface area (Å²) in [6, 6.07) is 13.7. The normalized spacial score (nSPS) is 13.1. The van der Waals surface area contributed by atoms with E-state index >= 15 is 0 Å². The molecule has 0 radical (unpaired) electrons. The van der Waals surface area contributed by atoms with E-state index in [-0.39, 0.29) is 27.2 Å². The molecule has 0 atom stereocenters. The maximum Gasteiger partial charge on any atom is 0.431 e. The number of hydrogen-bond acceptors (Lipinski definition) is 6. The second-order valence-electron chi connectivity index (χ2n) is 8.22. The van der Waals surface area contributed by atoms with E-state index < -0.39 is 28.5 Å². The van der Waals surface area contributed by atoms with Gasteiger partial charge in [0.2, 0.25) is 0 Å². The third-order valence-electron chi connectivity index (χ3n) is 5.45. The van der Waals surface area contributed by atoms with Crippen molar-refractivity contribution in [3.8, 4) is 11.1 Å². The van der Waals surface area contributed by atoms with Crippen LogP contribution in [0.15, 0.2) is 73.2 Å². The van der Waals surface area contributed by atoms with E-state index in [9.17, 15) is 36.2 Å². The van der Waals surface area contributed by atoms with E-state index in [0.717, 1.165) is 22.9 Å². The van der Waals surface area contributed by atoms with Gasteiger partial charge < -0.3 is 9.52 Å². The Kier molecular flexibility index (Phi) is 6.73. The molecule has 2 aromatic heterocycles. The molecule has 2 heterocycles. The minimum Gasteiger partial charge on any atom is -0.423 e. The largest absolute Gasteiger partial charge is 0.431 e. The summed E-state index contributed by atoms with van der Waals surface area (Å²) in [6.45, 7) is 4.07. The van der Waals surface area contributed by atoms with Crippen molar-refractivity contribution in [2.45, 2.75) is 47.0 Å². The van der Waals surface area contributed by atoms with Gasteiger partial charge in [0.05, 0.1) is 4.88 Å². The Bertz CT molecular complexity index is 1460. The molecule has 0 aliphatic heterocycles. The molecule has 0 aliphatic carbocycles. The van der Waals surface area contributed by atoms with Crippen molar-refractivity contribution in [1.82, 2.24) is 4.98 Å². The molecule has 4 aromatic rings. The van der Waals surface area contributed by atoms with Crippen LogP contribution in [-0.2, 0) is 5.60 Å². The molecule has 0 bridgehead atoms. The lowest BCUT2D eigenvalue weighted by molar-refractivity contribution is -0.375. The minimum absolute atomic E-state index is 0.0707. The molecule has 2 aromatic carbocycles. The van der Waals surface area contributed by atoms with E-state index in [1.54, 1.807) is 12.1 Å². The van der Waals surface area contributed by atoms with Crippen molar-refractivity contribution >= 4 is 34.1 Å². The molecule has 4 nitrogen and oxygen atoms in total. The van der Waals surface area contributed by atoms with Crippen molar-refractivity contribution in [2.75, 3.05) is 0 Å². The average Bonchev–Trinajstić information content (AvgIpc) is 3.24. The summed E-state index contributed by atoms with van der Waals surface area (Å²) in [5.74, 6) is 0.259. The van der Waals surface area contributed by atoms with Crippen LogP contribution in [0.3, 0.4) is 0 Å². The molecule has 1 N–H and O–H groups in total. The van der Waals surface area contributed by atoms with E-state index in [0.29, 0.717) is 22.0 Å². The number of rotatable bonds is 5. The van der Waals surface area contributed by atoms with Gasteiger partial charge in [-0.2, -0.15) is 26.3 Å². The van der Waals surface area contributed by atoms with Gasteiger partial charge in [-0.05, 0) is 40.8 Å². The molecule has 0 amide bonds. The third-order valence-corrected chi connectivity index (χ3v) is 7.62. The van der Waals surface area contributed by atoms with E-state index in [2.05, 4.69) is 4.98 Å². The van der Waals surface area contributed by atoms with E-state index in [4.69, 9.17) is 4.42 Å². The van der Waals surface area contributed by atoms with Gasteiger partial charge in [-0.3, -0.25) is 0 Å². The Labute approximate surface area is 208 Å². The standard InChI is InChI=1S/C24H17F6NO3S2/c1-12(2)13-4-3-5-14(8-13)17-10-20(32)34-18-9-15(6-7-16(17)18)35-21-31-11-19(36-21)22(33,23(25,26)27)24(28,29)30/h3-12,33H,1-2H3. The molecule has 0 saturated carbocycles. The van der Waals surface area contributed by atoms with Crippen LogP contribution in [0.1, 0.15) is 30.2 Å². The monoisotopic (exact) mass is 545 g/mol. The van der Waals surface area contributed by atoms with Crippen LogP contribution in [0.5, 0.6) is 0 Å². The van der Waals surface area contributed by atoms with Crippen LogP contribution in [0.25, 0.3) is 22.1 Å². The highest BCUT2D eigenvalue weighted by Crippen LogP contribution is 2.52. The lowest BCUT2D eigenvalue weighted by Crippen LogP contribution is -2.53. The first-order chi connectivity index (χ1) is 16.7. The minimum atomic E-state index is -5.99. The topological polar surface area (TPSA) is 63.3 Å². The summed E-state index contributed by atoms with van der Waals surface area (Å²) < 4.78 is 84.0. The Morgan fingerprint density at radius 2 is 1.69 bits per heavy atom. The fourth-order valence-corrected chi connectivity index (χ4v) is 5.64. The molecular weight excluding hydrogens is 528 g/mol. The number of aliphatic hydroxyl groups is 1. The fourth-order valence-electron chi connectivity index (χ4n) is 3.52. The first-order valence-corrected chi connectivity index (χ1v) is 12.0.